The van der Waals surface area contributed by atoms with E-state index < -0.39 is 0 Å². The summed E-state index contributed by atoms with van der Waals surface area (Å²) in [6.45, 7) is 6.87. The van der Waals surface area contributed by atoms with Gasteiger partial charge in [0.15, 0.2) is 0 Å². The molecule has 0 saturated heterocycles. The van der Waals surface area contributed by atoms with Crippen LogP contribution in [-0.2, 0) is 0 Å². The Morgan fingerprint density at radius 3 is 2.52 bits per heavy atom. The standard InChI is InChI=1S/C18H21BrFN/c1-4-9-21-18(14-7-6-13(3)17(20)11-14)15-8-5-12(2)10-16(15)19/h5-8,10-11,18,21H,4,9H2,1-3H3. The average molecular weight is 350 g/mol. The van der Waals surface area contributed by atoms with Crippen molar-refractivity contribution in [3.8, 4) is 0 Å². The smallest absolute Gasteiger partial charge is 0.126 e. The van der Waals surface area contributed by atoms with Crippen molar-refractivity contribution in [3.63, 3.8) is 0 Å². The van der Waals surface area contributed by atoms with Crippen LogP contribution in [0.5, 0.6) is 0 Å². The van der Waals surface area contributed by atoms with E-state index in [2.05, 4.69) is 53.3 Å². The van der Waals surface area contributed by atoms with Gasteiger partial charge in [-0.05, 0) is 61.2 Å². The third-order valence-corrected chi connectivity index (χ3v) is 4.28. The van der Waals surface area contributed by atoms with Gasteiger partial charge >= 0.3 is 0 Å². The fourth-order valence-electron chi connectivity index (χ4n) is 2.35. The fraction of sp³-hybridized carbons (Fsp3) is 0.333. The van der Waals surface area contributed by atoms with Crippen LogP contribution in [0.15, 0.2) is 40.9 Å². The number of hydrogen-bond acceptors (Lipinski definition) is 1. The minimum atomic E-state index is -0.154. The quantitative estimate of drug-likeness (QED) is 0.772. The van der Waals surface area contributed by atoms with E-state index >= 15 is 0 Å². The summed E-state index contributed by atoms with van der Waals surface area (Å²) in [6, 6.07) is 11.8. The Kier molecular flexibility index (Phi) is 5.54. The van der Waals surface area contributed by atoms with Gasteiger partial charge in [0.1, 0.15) is 5.82 Å². The molecule has 0 aromatic heterocycles. The van der Waals surface area contributed by atoms with E-state index in [4.69, 9.17) is 0 Å². The normalized spacial score (nSPS) is 12.4. The number of hydrogen-bond donors (Lipinski definition) is 1. The van der Waals surface area contributed by atoms with Gasteiger partial charge in [-0.1, -0.05) is 47.1 Å². The van der Waals surface area contributed by atoms with E-state index in [1.54, 1.807) is 13.0 Å². The van der Waals surface area contributed by atoms with Gasteiger partial charge in [0, 0.05) is 4.47 Å². The molecular formula is C18H21BrFN. The molecule has 2 aromatic rings. The highest BCUT2D eigenvalue weighted by Gasteiger charge is 2.17. The summed E-state index contributed by atoms with van der Waals surface area (Å²) < 4.78 is 15.0. The highest BCUT2D eigenvalue weighted by molar-refractivity contribution is 9.10. The van der Waals surface area contributed by atoms with E-state index in [0.29, 0.717) is 5.56 Å². The van der Waals surface area contributed by atoms with Crippen molar-refractivity contribution in [2.24, 2.45) is 0 Å². The first kappa shape index (κ1) is 16.2. The molecular weight excluding hydrogens is 329 g/mol. The first-order valence-corrected chi connectivity index (χ1v) is 8.07. The Labute approximate surface area is 134 Å². The van der Waals surface area contributed by atoms with Gasteiger partial charge in [0.2, 0.25) is 0 Å². The Hall–Kier alpha value is -1.19. The van der Waals surface area contributed by atoms with E-state index in [9.17, 15) is 4.39 Å². The van der Waals surface area contributed by atoms with Crippen LogP contribution in [-0.4, -0.2) is 6.54 Å². The molecule has 1 atom stereocenters. The van der Waals surface area contributed by atoms with Crippen molar-refractivity contribution in [1.29, 1.82) is 0 Å². The molecule has 3 heteroatoms. The van der Waals surface area contributed by atoms with Crippen molar-refractivity contribution < 1.29 is 4.39 Å². The number of aryl methyl sites for hydroxylation is 2. The zero-order valence-electron chi connectivity index (χ0n) is 12.7. The van der Waals surface area contributed by atoms with Gasteiger partial charge in [-0.2, -0.15) is 0 Å². The van der Waals surface area contributed by atoms with Crippen molar-refractivity contribution in [2.45, 2.75) is 33.2 Å². The third-order valence-electron chi connectivity index (χ3n) is 3.59. The molecule has 0 aliphatic carbocycles. The van der Waals surface area contributed by atoms with Gasteiger partial charge in [0.25, 0.3) is 0 Å². The molecule has 1 N–H and O–H groups in total. The molecule has 0 saturated carbocycles. The largest absolute Gasteiger partial charge is 0.306 e. The van der Waals surface area contributed by atoms with Crippen molar-refractivity contribution in [3.05, 3.63) is 68.9 Å². The summed E-state index contributed by atoms with van der Waals surface area (Å²) in [5, 5.41) is 3.51. The van der Waals surface area contributed by atoms with Crippen LogP contribution in [0.2, 0.25) is 0 Å². The zero-order valence-corrected chi connectivity index (χ0v) is 14.3. The first-order chi connectivity index (χ1) is 10.0. The van der Waals surface area contributed by atoms with Crippen LogP contribution < -0.4 is 5.32 Å². The van der Waals surface area contributed by atoms with E-state index in [1.807, 2.05) is 12.1 Å². The maximum Gasteiger partial charge on any atom is 0.126 e. The third kappa shape index (κ3) is 3.92. The van der Waals surface area contributed by atoms with E-state index in [-0.39, 0.29) is 11.9 Å². The van der Waals surface area contributed by atoms with E-state index in [0.717, 1.165) is 28.6 Å². The summed E-state index contributed by atoms with van der Waals surface area (Å²) in [5.74, 6) is -0.154. The predicted molar refractivity (Wildman–Crippen MR) is 90.2 cm³/mol. The van der Waals surface area contributed by atoms with Crippen LogP contribution in [0.1, 0.15) is 41.6 Å². The second-order valence-electron chi connectivity index (χ2n) is 5.42. The van der Waals surface area contributed by atoms with Crippen molar-refractivity contribution in [2.75, 3.05) is 6.54 Å². The first-order valence-electron chi connectivity index (χ1n) is 7.28. The minimum Gasteiger partial charge on any atom is -0.306 e. The summed E-state index contributed by atoms with van der Waals surface area (Å²) in [4.78, 5) is 0. The number of halogens is 2. The fourth-order valence-corrected chi connectivity index (χ4v) is 3.07. The molecule has 1 nitrogen and oxygen atoms in total. The molecule has 0 bridgehead atoms. The van der Waals surface area contributed by atoms with Crippen LogP contribution in [0.25, 0.3) is 0 Å². The molecule has 1 unspecified atom stereocenters. The predicted octanol–water partition coefficient (Wildman–Crippen LogP) is 5.29. The molecule has 0 aliphatic rings. The Morgan fingerprint density at radius 2 is 1.90 bits per heavy atom. The van der Waals surface area contributed by atoms with Crippen LogP contribution in [0, 0.1) is 19.7 Å². The van der Waals surface area contributed by atoms with Gasteiger partial charge in [-0.25, -0.2) is 4.39 Å². The maximum absolute atomic E-state index is 13.9. The van der Waals surface area contributed by atoms with Gasteiger partial charge in [0.05, 0.1) is 6.04 Å². The second kappa shape index (κ2) is 7.19. The molecule has 0 spiro atoms. The summed E-state index contributed by atoms with van der Waals surface area (Å²) in [7, 11) is 0. The molecule has 0 aliphatic heterocycles. The SMILES string of the molecule is CCCNC(c1ccc(C)c(F)c1)c1ccc(C)cc1Br. The van der Waals surface area contributed by atoms with E-state index in [1.165, 1.54) is 5.56 Å². The summed E-state index contributed by atoms with van der Waals surface area (Å²) >= 11 is 3.64. The molecule has 0 radical (unpaired) electrons. The van der Waals surface area contributed by atoms with Crippen molar-refractivity contribution >= 4 is 15.9 Å². The second-order valence-corrected chi connectivity index (χ2v) is 6.28. The average Bonchev–Trinajstić information content (AvgIpc) is 2.44. The highest BCUT2D eigenvalue weighted by atomic mass is 79.9. The Bertz CT molecular complexity index is 625. The summed E-state index contributed by atoms with van der Waals surface area (Å²) in [6.07, 6.45) is 1.04. The van der Waals surface area contributed by atoms with Gasteiger partial charge < -0.3 is 5.32 Å². The molecule has 2 rings (SSSR count). The number of benzene rings is 2. The lowest BCUT2D eigenvalue weighted by Crippen LogP contribution is -2.23. The lowest BCUT2D eigenvalue weighted by Gasteiger charge is -2.21. The van der Waals surface area contributed by atoms with Gasteiger partial charge in [-0.15, -0.1) is 0 Å². The van der Waals surface area contributed by atoms with Gasteiger partial charge in [-0.3, -0.25) is 0 Å². The molecule has 2 aromatic carbocycles. The zero-order chi connectivity index (χ0) is 15.4. The number of rotatable bonds is 5. The molecule has 0 fully saturated rings. The Balaban J connectivity index is 2.44. The van der Waals surface area contributed by atoms with Crippen LogP contribution >= 0.6 is 15.9 Å². The molecule has 112 valence electrons. The Morgan fingerprint density at radius 1 is 1.14 bits per heavy atom. The topological polar surface area (TPSA) is 12.0 Å². The highest BCUT2D eigenvalue weighted by Crippen LogP contribution is 2.30. The van der Waals surface area contributed by atoms with Crippen molar-refractivity contribution in [1.82, 2.24) is 5.32 Å². The summed E-state index contributed by atoms with van der Waals surface area (Å²) in [5.41, 5.74) is 3.97. The lowest BCUT2D eigenvalue weighted by atomic mass is 9.96. The molecule has 21 heavy (non-hydrogen) atoms. The van der Waals surface area contributed by atoms with Crippen LogP contribution in [0.3, 0.4) is 0 Å². The maximum atomic E-state index is 13.9. The number of nitrogens with one attached hydrogen (secondary N) is 1. The lowest BCUT2D eigenvalue weighted by molar-refractivity contribution is 0.581. The van der Waals surface area contributed by atoms with Crippen LogP contribution in [0.4, 0.5) is 4.39 Å². The molecule has 0 heterocycles. The molecule has 0 amide bonds. The minimum absolute atomic E-state index is 0.00461. The monoisotopic (exact) mass is 349 g/mol.